The van der Waals surface area contributed by atoms with E-state index in [9.17, 15) is 10.2 Å². The molecule has 0 unspecified atom stereocenters. The maximum atomic E-state index is 9.25. The van der Waals surface area contributed by atoms with Crippen LogP contribution in [-0.4, -0.2) is 46.9 Å². The van der Waals surface area contributed by atoms with Crippen molar-refractivity contribution in [2.45, 2.75) is 51.4 Å². The standard InChI is InChI=1S/2C13H19ClO2/c2*14-13-6-4-11(5-7-13)9-12(10-16)3-1-2-8-15/h2*4-7,12,15-16H,1-3,8-10H2/t2*12-/m10/s1. The second kappa shape index (κ2) is 18.3. The van der Waals surface area contributed by atoms with E-state index in [4.69, 9.17) is 33.4 Å². The number of hydrogen-bond donors (Lipinski definition) is 4. The predicted octanol–water partition coefficient (Wildman–Crippen LogP) is 5.31. The monoisotopic (exact) mass is 484 g/mol. The summed E-state index contributed by atoms with van der Waals surface area (Å²) in [7, 11) is 0. The summed E-state index contributed by atoms with van der Waals surface area (Å²) in [6.07, 6.45) is 7.23. The van der Waals surface area contributed by atoms with Crippen LogP contribution in [0.3, 0.4) is 0 Å². The first-order valence-electron chi connectivity index (χ1n) is 11.4. The van der Waals surface area contributed by atoms with Gasteiger partial charge in [-0.05, 0) is 85.8 Å². The van der Waals surface area contributed by atoms with Gasteiger partial charge in [-0.3, -0.25) is 0 Å². The summed E-state index contributed by atoms with van der Waals surface area (Å²) in [6, 6.07) is 15.5. The van der Waals surface area contributed by atoms with Crippen LogP contribution in [0.1, 0.15) is 49.7 Å². The highest BCUT2D eigenvalue weighted by molar-refractivity contribution is 6.30. The Balaban J connectivity index is 0.000000320. The lowest BCUT2D eigenvalue weighted by Gasteiger charge is -2.13. The van der Waals surface area contributed by atoms with Gasteiger partial charge < -0.3 is 20.4 Å². The number of aliphatic hydroxyl groups excluding tert-OH is 4. The number of aliphatic hydroxyl groups is 4. The summed E-state index contributed by atoms with van der Waals surface area (Å²) in [5.41, 5.74) is 2.40. The van der Waals surface area contributed by atoms with Crippen LogP contribution in [0.5, 0.6) is 0 Å². The van der Waals surface area contributed by atoms with E-state index in [0.29, 0.717) is 0 Å². The van der Waals surface area contributed by atoms with Crippen molar-refractivity contribution in [3.05, 3.63) is 69.7 Å². The number of unbranched alkanes of at least 4 members (excludes halogenated alkanes) is 2. The van der Waals surface area contributed by atoms with Gasteiger partial charge in [-0.15, -0.1) is 0 Å². The molecule has 0 fully saturated rings. The summed E-state index contributed by atoms with van der Waals surface area (Å²) in [5.74, 6) is 0.570. The average Bonchev–Trinajstić information content (AvgIpc) is 2.81. The molecule has 4 nitrogen and oxygen atoms in total. The lowest BCUT2D eigenvalue weighted by atomic mass is 9.95. The minimum absolute atomic E-state index is 0.202. The lowest BCUT2D eigenvalue weighted by molar-refractivity contribution is 0.209. The van der Waals surface area contributed by atoms with Crippen molar-refractivity contribution in [1.82, 2.24) is 0 Å². The van der Waals surface area contributed by atoms with Crippen molar-refractivity contribution >= 4 is 23.2 Å². The molecule has 0 heterocycles. The highest BCUT2D eigenvalue weighted by Gasteiger charge is 2.09. The van der Waals surface area contributed by atoms with Crippen molar-refractivity contribution in [2.24, 2.45) is 11.8 Å². The van der Waals surface area contributed by atoms with Gasteiger partial charge in [-0.2, -0.15) is 0 Å². The fraction of sp³-hybridized carbons (Fsp3) is 0.538. The van der Waals surface area contributed by atoms with Gasteiger partial charge in [0.05, 0.1) is 0 Å². The minimum atomic E-state index is 0.202. The van der Waals surface area contributed by atoms with Crippen LogP contribution in [0.4, 0.5) is 0 Å². The summed E-state index contributed by atoms with van der Waals surface area (Å²) in [4.78, 5) is 0. The summed E-state index contributed by atoms with van der Waals surface area (Å²) >= 11 is 11.6. The van der Waals surface area contributed by atoms with E-state index in [0.717, 1.165) is 61.4 Å². The van der Waals surface area contributed by atoms with Gasteiger partial charge in [-0.25, -0.2) is 0 Å². The third-order valence-electron chi connectivity index (χ3n) is 5.43. The van der Waals surface area contributed by atoms with Crippen molar-refractivity contribution < 1.29 is 20.4 Å². The Hall–Kier alpha value is -1.14. The Bertz CT molecular complexity index is 630. The highest BCUT2D eigenvalue weighted by atomic mass is 35.5. The summed E-state index contributed by atoms with van der Waals surface area (Å²) in [6.45, 7) is 0.875. The van der Waals surface area contributed by atoms with Gasteiger partial charge in [0.25, 0.3) is 0 Å². The minimum Gasteiger partial charge on any atom is -0.396 e. The number of benzene rings is 2. The fourth-order valence-electron chi connectivity index (χ4n) is 3.51. The van der Waals surface area contributed by atoms with E-state index in [1.165, 1.54) is 11.1 Å². The molecule has 0 bridgehead atoms. The fourth-order valence-corrected chi connectivity index (χ4v) is 3.77. The third kappa shape index (κ3) is 13.4. The van der Waals surface area contributed by atoms with Crippen molar-refractivity contribution in [3.8, 4) is 0 Å². The molecule has 0 amide bonds. The number of hydrogen-bond acceptors (Lipinski definition) is 4. The first-order valence-corrected chi connectivity index (χ1v) is 12.2. The second-order valence-corrected chi connectivity index (χ2v) is 9.07. The molecular formula is C26H38Cl2O4. The van der Waals surface area contributed by atoms with Crippen LogP contribution in [0.25, 0.3) is 0 Å². The summed E-state index contributed by atoms with van der Waals surface area (Å²) < 4.78 is 0. The van der Waals surface area contributed by atoms with E-state index in [1.807, 2.05) is 48.5 Å². The number of rotatable bonds is 14. The van der Waals surface area contributed by atoms with Crippen LogP contribution in [-0.2, 0) is 12.8 Å². The molecular weight excluding hydrogens is 447 g/mol. The average molecular weight is 485 g/mol. The SMILES string of the molecule is OCCCC[C@@H](CO)Cc1ccc(Cl)cc1.OCCCC[C@H](CO)Cc1ccc(Cl)cc1. The van der Waals surface area contributed by atoms with Crippen molar-refractivity contribution in [1.29, 1.82) is 0 Å². The van der Waals surface area contributed by atoms with Crippen LogP contribution in [0.2, 0.25) is 10.0 Å². The summed E-state index contributed by atoms with van der Waals surface area (Å²) in [5, 5.41) is 37.4. The molecule has 0 saturated heterocycles. The molecule has 0 aliphatic heterocycles. The van der Waals surface area contributed by atoms with E-state index in [2.05, 4.69) is 0 Å². The molecule has 2 atom stereocenters. The van der Waals surface area contributed by atoms with Gasteiger partial charge in [0, 0.05) is 36.5 Å². The largest absolute Gasteiger partial charge is 0.396 e. The first kappa shape index (κ1) is 28.9. The normalized spacial score (nSPS) is 12.7. The molecule has 2 aromatic rings. The third-order valence-corrected chi connectivity index (χ3v) is 5.94. The molecule has 0 aliphatic rings. The smallest absolute Gasteiger partial charge is 0.0462 e. The van der Waals surface area contributed by atoms with Crippen LogP contribution in [0.15, 0.2) is 48.5 Å². The highest BCUT2D eigenvalue weighted by Crippen LogP contribution is 2.18. The van der Waals surface area contributed by atoms with Crippen molar-refractivity contribution in [3.63, 3.8) is 0 Å². The van der Waals surface area contributed by atoms with E-state index in [-0.39, 0.29) is 38.3 Å². The molecule has 0 aliphatic carbocycles. The molecule has 0 aromatic heterocycles. The zero-order chi connectivity index (χ0) is 23.6. The quantitative estimate of drug-likeness (QED) is 0.274. The molecule has 6 heteroatoms. The topological polar surface area (TPSA) is 80.9 Å². The maximum Gasteiger partial charge on any atom is 0.0462 e. The Morgan fingerprint density at radius 2 is 0.875 bits per heavy atom. The first-order chi connectivity index (χ1) is 15.5. The molecule has 2 aromatic carbocycles. The molecule has 4 N–H and O–H groups in total. The Labute approximate surface area is 202 Å². The van der Waals surface area contributed by atoms with E-state index >= 15 is 0 Å². The molecule has 0 radical (unpaired) electrons. The molecule has 0 saturated carbocycles. The van der Waals surface area contributed by atoms with Crippen LogP contribution in [0, 0.1) is 11.8 Å². The zero-order valence-electron chi connectivity index (χ0n) is 18.8. The van der Waals surface area contributed by atoms with Crippen molar-refractivity contribution in [2.75, 3.05) is 26.4 Å². The van der Waals surface area contributed by atoms with Gasteiger partial charge in [-0.1, -0.05) is 60.3 Å². The Morgan fingerprint density at radius 1 is 0.531 bits per heavy atom. The van der Waals surface area contributed by atoms with Crippen LogP contribution >= 0.6 is 23.2 Å². The second-order valence-electron chi connectivity index (χ2n) is 8.20. The zero-order valence-corrected chi connectivity index (χ0v) is 20.3. The van der Waals surface area contributed by atoms with E-state index in [1.54, 1.807) is 0 Å². The molecule has 32 heavy (non-hydrogen) atoms. The van der Waals surface area contributed by atoms with Crippen LogP contribution < -0.4 is 0 Å². The van der Waals surface area contributed by atoms with Gasteiger partial charge in [0.1, 0.15) is 0 Å². The maximum absolute atomic E-state index is 9.25. The predicted molar refractivity (Wildman–Crippen MR) is 133 cm³/mol. The Kier molecular flexibility index (Phi) is 16.5. The number of halogens is 2. The van der Waals surface area contributed by atoms with Gasteiger partial charge in [0.15, 0.2) is 0 Å². The molecule has 0 spiro atoms. The van der Waals surface area contributed by atoms with Gasteiger partial charge in [0.2, 0.25) is 0 Å². The lowest BCUT2D eigenvalue weighted by Crippen LogP contribution is -2.09. The van der Waals surface area contributed by atoms with E-state index < -0.39 is 0 Å². The van der Waals surface area contributed by atoms with Gasteiger partial charge >= 0.3 is 0 Å². The molecule has 2 rings (SSSR count). The Morgan fingerprint density at radius 3 is 1.16 bits per heavy atom. The molecule has 180 valence electrons.